The summed E-state index contributed by atoms with van der Waals surface area (Å²) in [6.07, 6.45) is 3.80. The number of ketones is 1. The maximum absolute atomic E-state index is 13.6. The topological polar surface area (TPSA) is 91.7 Å². The largest absolute Gasteiger partial charge is 0.385 e. The number of aliphatic imine (C=N–C) groups is 1. The highest BCUT2D eigenvalue weighted by molar-refractivity contribution is 6.40. The molecule has 6 heteroatoms. The normalized spacial score (nSPS) is 19.4. The number of ether oxygens (including phenoxy) is 1. The number of hydrogen-bond acceptors (Lipinski definition) is 6. The van der Waals surface area contributed by atoms with E-state index in [9.17, 15) is 10.1 Å². The summed E-state index contributed by atoms with van der Waals surface area (Å²) >= 11 is 0. The number of methoxy groups -OCH3 is 1. The highest BCUT2D eigenvalue weighted by Crippen LogP contribution is 2.40. The average molecular weight is 471 g/mol. The maximum Gasteiger partial charge on any atom is 0.198 e. The lowest BCUT2D eigenvalue weighted by Gasteiger charge is -2.32. The van der Waals surface area contributed by atoms with Gasteiger partial charge in [0.1, 0.15) is 0 Å². The maximum atomic E-state index is 13.6. The van der Waals surface area contributed by atoms with Gasteiger partial charge in [-0.25, -0.2) is 4.99 Å². The molecule has 0 radical (unpaired) electrons. The van der Waals surface area contributed by atoms with Crippen LogP contribution >= 0.6 is 0 Å². The number of nitriles is 1. The summed E-state index contributed by atoms with van der Waals surface area (Å²) in [5.74, 6) is 0.630. The number of aryl methyl sites for hydroxylation is 1. The van der Waals surface area contributed by atoms with Crippen molar-refractivity contribution in [2.75, 3.05) is 26.8 Å². The van der Waals surface area contributed by atoms with Crippen molar-refractivity contribution in [1.82, 2.24) is 4.90 Å². The molecule has 182 valence electrons. The fraction of sp³-hybridized carbons (Fsp3) is 0.414. The summed E-state index contributed by atoms with van der Waals surface area (Å²) in [7, 11) is 1.71. The quantitative estimate of drug-likeness (QED) is 0.625. The molecule has 0 aliphatic carbocycles. The monoisotopic (exact) mass is 470 g/mol. The highest BCUT2D eigenvalue weighted by Gasteiger charge is 2.32. The van der Waals surface area contributed by atoms with E-state index in [4.69, 9.17) is 15.5 Å². The molecular weight excluding hydrogens is 436 g/mol. The Labute approximate surface area is 208 Å². The number of carbonyl (C=O) groups excluding carboxylic acids is 1. The fourth-order valence-electron chi connectivity index (χ4n) is 4.95. The van der Waals surface area contributed by atoms with Gasteiger partial charge in [0, 0.05) is 44.8 Å². The van der Waals surface area contributed by atoms with E-state index < -0.39 is 0 Å². The van der Waals surface area contributed by atoms with Crippen molar-refractivity contribution in [2.24, 2.45) is 16.6 Å². The molecule has 0 bridgehead atoms. The van der Waals surface area contributed by atoms with E-state index in [1.807, 2.05) is 24.3 Å². The molecular formula is C29H34N4O2. The molecule has 0 spiro atoms. The Balaban J connectivity index is 1.88. The molecule has 0 aromatic heterocycles. The van der Waals surface area contributed by atoms with E-state index >= 15 is 0 Å². The van der Waals surface area contributed by atoms with E-state index in [-0.39, 0.29) is 17.7 Å². The molecule has 1 atom stereocenters. The average Bonchev–Trinajstić information content (AvgIpc) is 3.02. The first-order chi connectivity index (χ1) is 17.0. The summed E-state index contributed by atoms with van der Waals surface area (Å²) in [6.45, 7) is 4.20. The van der Waals surface area contributed by atoms with Crippen molar-refractivity contribution in [3.8, 4) is 6.07 Å². The van der Waals surface area contributed by atoms with E-state index in [2.05, 4.69) is 42.2 Å². The van der Waals surface area contributed by atoms with Crippen molar-refractivity contribution in [1.29, 1.82) is 5.26 Å². The van der Waals surface area contributed by atoms with Crippen molar-refractivity contribution in [3.05, 3.63) is 70.8 Å². The third-order valence-electron chi connectivity index (χ3n) is 6.95. The molecule has 0 amide bonds. The van der Waals surface area contributed by atoms with Crippen LogP contribution in [-0.4, -0.2) is 49.4 Å². The van der Waals surface area contributed by atoms with Gasteiger partial charge in [0.25, 0.3) is 0 Å². The predicted octanol–water partition coefficient (Wildman–Crippen LogP) is 4.57. The summed E-state index contributed by atoms with van der Waals surface area (Å²) in [5, 5.41) is 9.31. The summed E-state index contributed by atoms with van der Waals surface area (Å²) in [6, 6.07) is 18.3. The van der Waals surface area contributed by atoms with Crippen LogP contribution in [0.3, 0.4) is 0 Å². The number of rotatable bonds is 6. The van der Waals surface area contributed by atoms with Gasteiger partial charge < -0.3 is 15.4 Å². The second kappa shape index (κ2) is 11.4. The molecule has 6 nitrogen and oxygen atoms in total. The van der Waals surface area contributed by atoms with Crippen LogP contribution in [-0.2, 0) is 9.53 Å². The molecule has 1 unspecified atom stereocenters. The van der Waals surface area contributed by atoms with Crippen LogP contribution in [0.4, 0.5) is 0 Å². The van der Waals surface area contributed by atoms with Crippen LogP contribution in [0.15, 0.2) is 53.5 Å². The summed E-state index contributed by atoms with van der Waals surface area (Å²) < 4.78 is 5.33. The zero-order valence-corrected chi connectivity index (χ0v) is 20.7. The van der Waals surface area contributed by atoms with E-state index in [0.29, 0.717) is 24.4 Å². The molecule has 2 aromatic rings. The number of allylic oxidation sites excluding steroid dienone is 1. The molecule has 4 rings (SSSR count). The lowest BCUT2D eigenvalue weighted by atomic mass is 9.83. The smallest absolute Gasteiger partial charge is 0.198 e. The number of hydrogen-bond donors (Lipinski definition) is 1. The zero-order valence-electron chi connectivity index (χ0n) is 20.7. The minimum atomic E-state index is 0.0132. The molecule has 1 saturated heterocycles. The number of benzene rings is 2. The van der Waals surface area contributed by atoms with E-state index in [1.54, 1.807) is 7.11 Å². The second-order valence-corrected chi connectivity index (χ2v) is 9.54. The van der Waals surface area contributed by atoms with Crippen LogP contribution in [0, 0.1) is 24.2 Å². The third-order valence-corrected chi connectivity index (χ3v) is 6.95. The Kier molecular flexibility index (Phi) is 8.12. The standard InChI is InChI=1S/C29H34N4O2/c1-20-5-9-22(10-6-20)27-24(4-3-17-35-2)18-26(34)29(33-15-13-25(31)14-16-33)32-28(27)23-11-7-21(19-30)8-12-23/h5-12,24-25H,3-4,13-18,31H2,1-2H3. The van der Waals surface area contributed by atoms with Crippen LogP contribution < -0.4 is 5.73 Å². The third kappa shape index (κ3) is 5.87. The first kappa shape index (κ1) is 24.8. The SMILES string of the molecule is COCCCC1CC(=O)C(N2CCC(N)CC2)=NC(c2ccc(C#N)cc2)=C1c1ccc(C)cc1. The highest BCUT2D eigenvalue weighted by atomic mass is 16.5. The van der Waals surface area contributed by atoms with Gasteiger partial charge >= 0.3 is 0 Å². The first-order valence-electron chi connectivity index (χ1n) is 12.4. The van der Waals surface area contributed by atoms with Crippen LogP contribution in [0.25, 0.3) is 11.3 Å². The van der Waals surface area contributed by atoms with Gasteiger partial charge in [-0.15, -0.1) is 0 Å². The molecule has 2 N–H and O–H groups in total. The van der Waals surface area contributed by atoms with Gasteiger partial charge in [0.15, 0.2) is 11.6 Å². The Bertz CT molecular complexity index is 1130. The minimum Gasteiger partial charge on any atom is -0.385 e. The lowest BCUT2D eigenvalue weighted by molar-refractivity contribution is -0.114. The minimum absolute atomic E-state index is 0.0132. The number of nitrogens with two attached hydrogens (primary N) is 1. The second-order valence-electron chi connectivity index (χ2n) is 9.54. The number of likely N-dealkylation sites (tertiary alicyclic amines) is 1. The molecule has 2 heterocycles. The Morgan fingerprint density at radius 1 is 1.09 bits per heavy atom. The molecule has 2 aromatic carbocycles. The predicted molar refractivity (Wildman–Crippen MR) is 140 cm³/mol. The van der Waals surface area contributed by atoms with Crippen molar-refractivity contribution in [2.45, 2.75) is 45.1 Å². The summed E-state index contributed by atoms with van der Waals surface area (Å²) in [4.78, 5) is 20.9. The number of carbonyl (C=O) groups is 1. The van der Waals surface area contributed by atoms with Crippen molar-refractivity contribution < 1.29 is 9.53 Å². The van der Waals surface area contributed by atoms with E-state index in [0.717, 1.165) is 61.2 Å². The van der Waals surface area contributed by atoms with Gasteiger partial charge in [-0.05, 0) is 61.8 Å². The molecule has 2 aliphatic rings. The molecule has 2 aliphatic heterocycles. The lowest BCUT2D eigenvalue weighted by Crippen LogP contribution is -2.45. The van der Waals surface area contributed by atoms with Crippen LogP contribution in [0.5, 0.6) is 0 Å². The van der Waals surface area contributed by atoms with Crippen LogP contribution in [0.1, 0.15) is 54.4 Å². The summed E-state index contributed by atoms with van der Waals surface area (Å²) in [5.41, 5.74) is 11.8. The van der Waals surface area contributed by atoms with Crippen molar-refractivity contribution >= 4 is 22.9 Å². The Morgan fingerprint density at radius 3 is 2.37 bits per heavy atom. The van der Waals surface area contributed by atoms with Crippen LogP contribution in [0.2, 0.25) is 0 Å². The molecule has 1 fully saturated rings. The zero-order chi connectivity index (χ0) is 24.8. The van der Waals surface area contributed by atoms with E-state index in [1.165, 1.54) is 5.56 Å². The Morgan fingerprint density at radius 2 is 1.74 bits per heavy atom. The molecule has 35 heavy (non-hydrogen) atoms. The number of piperidine rings is 1. The first-order valence-corrected chi connectivity index (χ1v) is 12.4. The Hall–Kier alpha value is -3.27. The number of Topliss-reactive ketones (excluding diaryl/α,β-unsaturated/α-hetero) is 1. The van der Waals surface area contributed by atoms with Gasteiger partial charge in [0.05, 0.1) is 17.3 Å². The van der Waals surface area contributed by atoms with Gasteiger partial charge in [-0.2, -0.15) is 5.26 Å². The number of nitrogens with zero attached hydrogens (tertiary/aromatic N) is 3. The fourth-order valence-corrected chi connectivity index (χ4v) is 4.95. The molecule has 0 saturated carbocycles. The van der Waals surface area contributed by atoms with Gasteiger partial charge in [0.2, 0.25) is 0 Å². The van der Waals surface area contributed by atoms with Gasteiger partial charge in [-0.1, -0.05) is 42.0 Å². The van der Waals surface area contributed by atoms with Gasteiger partial charge in [-0.3, -0.25) is 4.79 Å². The van der Waals surface area contributed by atoms with Crippen molar-refractivity contribution in [3.63, 3.8) is 0 Å². The number of amidine groups is 1.